The van der Waals surface area contributed by atoms with E-state index in [9.17, 15) is 19.2 Å². The number of imide groups is 2. The zero-order chi connectivity index (χ0) is 32.6. The molecule has 0 unspecified atom stereocenters. The number of urea groups is 2. The molecular weight excluding hydrogens is 556 g/mol. The van der Waals surface area contributed by atoms with E-state index < -0.39 is 0 Å². The molecule has 254 valence electrons. The minimum absolute atomic E-state index is 0.0553. The number of hydrogen-bond acceptors (Lipinski definition) is 5. The second-order valence-corrected chi connectivity index (χ2v) is 13.4. The standard InChI is InChI=1S/C35H64N4O5/c1-7-34(8-2,20-12-16-24-38-30(40)28-36(6)32(38)42)22-14-18-26-44-27-19-15-23-35(9-3,10-4)21-13-17-25-39-31(41)29-37(11-5)33(39)43/h7-29H2,1-6H3. The first-order valence-corrected chi connectivity index (χ1v) is 17.8. The van der Waals surface area contributed by atoms with Crippen LogP contribution in [0, 0.1) is 10.8 Å². The van der Waals surface area contributed by atoms with E-state index in [4.69, 9.17) is 4.74 Å². The third-order valence-electron chi connectivity index (χ3n) is 10.9. The van der Waals surface area contributed by atoms with Gasteiger partial charge in [0.05, 0.1) is 0 Å². The van der Waals surface area contributed by atoms with Crippen molar-refractivity contribution in [3.8, 4) is 0 Å². The molecule has 0 saturated carbocycles. The molecule has 6 amide bonds. The van der Waals surface area contributed by atoms with Crippen LogP contribution in [0.5, 0.6) is 0 Å². The van der Waals surface area contributed by atoms with Crippen LogP contribution in [0.25, 0.3) is 0 Å². The van der Waals surface area contributed by atoms with E-state index in [-0.39, 0.29) is 37.0 Å². The number of rotatable bonds is 25. The van der Waals surface area contributed by atoms with Crippen molar-refractivity contribution in [3.05, 3.63) is 0 Å². The molecule has 0 bridgehead atoms. The van der Waals surface area contributed by atoms with Crippen molar-refractivity contribution in [2.24, 2.45) is 10.8 Å². The van der Waals surface area contributed by atoms with Gasteiger partial charge in [-0.15, -0.1) is 0 Å². The highest BCUT2D eigenvalue weighted by Gasteiger charge is 2.35. The molecule has 0 N–H and O–H groups in total. The molecule has 2 saturated heterocycles. The second-order valence-electron chi connectivity index (χ2n) is 13.4. The monoisotopic (exact) mass is 620 g/mol. The molecule has 9 heteroatoms. The number of ether oxygens (including phenoxy) is 1. The van der Waals surface area contributed by atoms with Crippen LogP contribution in [-0.4, -0.2) is 96.5 Å². The molecule has 2 rings (SSSR count). The summed E-state index contributed by atoms with van der Waals surface area (Å²) in [5.41, 5.74) is 0.683. The molecule has 0 aromatic heterocycles. The molecule has 2 aliphatic rings. The van der Waals surface area contributed by atoms with Crippen LogP contribution in [0.1, 0.15) is 137 Å². The van der Waals surface area contributed by atoms with Gasteiger partial charge in [-0.2, -0.15) is 0 Å². The third kappa shape index (κ3) is 11.0. The van der Waals surface area contributed by atoms with Crippen LogP contribution in [0.2, 0.25) is 0 Å². The van der Waals surface area contributed by atoms with Crippen LogP contribution >= 0.6 is 0 Å². The summed E-state index contributed by atoms with van der Waals surface area (Å²) in [6.07, 6.45) is 17.8. The van der Waals surface area contributed by atoms with Gasteiger partial charge < -0.3 is 14.5 Å². The van der Waals surface area contributed by atoms with E-state index in [0.717, 1.165) is 90.3 Å². The lowest BCUT2D eigenvalue weighted by molar-refractivity contribution is -0.126. The predicted octanol–water partition coefficient (Wildman–Crippen LogP) is 7.48. The Kier molecular flexibility index (Phi) is 16.7. The first-order chi connectivity index (χ1) is 21.1. The van der Waals surface area contributed by atoms with Crippen molar-refractivity contribution in [2.75, 3.05) is 53.0 Å². The maximum atomic E-state index is 12.3. The fraction of sp³-hybridized carbons (Fsp3) is 0.886. The summed E-state index contributed by atoms with van der Waals surface area (Å²) in [7, 11) is 1.68. The largest absolute Gasteiger partial charge is 0.381 e. The molecule has 0 spiro atoms. The van der Waals surface area contributed by atoms with Crippen LogP contribution < -0.4 is 0 Å². The van der Waals surface area contributed by atoms with Gasteiger partial charge in [0.25, 0.3) is 0 Å². The fourth-order valence-electron chi connectivity index (χ4n) is 7.16. The summed E-state index contributed by atoms with van der Waals surface area (Å²) in [6.45, 7) is 14.9. The van der Waals surface area contributed by atoms with Gasteiger partial charge >= 0.3 is 12.1 Å². The Morgan fingerprint density at radius 1 is 0.568 bits per heavy atom. The van der Waals surface area contributed by atoms with Crippen LogP contribution in [0.15, 0.2) is 0 Å². The van der Waals surface area contributed by atoms with Crippen LogP contribution in [0.3, 0.4) is 0 Å². The van der Waals surface area contributed by atoms with Crippen LogP contribution in [0.4, 0.5) is 9.59 Å². The highest BCUT2D eigenvalue weighted by Crippen LogP contribution is 2.39. The normalized spacial score (nSPS) is 16.4. The molecular formula is C35H64N4O5. The number of likely N-dealkylation sites (N-methyl/N-ethyl adjacent to an activating group) is 2. The fourth-order valence-corrected chi connectivity index (χ4v) is 7.16. The topological polar surface area (TPSA) is 90.5 Å². The average molecular weight is 621 g/mol. The number of hydrogen-bond donors (Lipinski definition) is 0. The van der Waals surface area contributed by atoms with Gasteiger partial charge in [-0.25, -0.2) is 9.59 Å². The summed E-state index contributed by atoms with van der Waals surface area (Å²) in [5.74, 6) is -0.128. The Balaban J connectivity index is 1.57. The molecule has 44 heavy (non-hydrogen) atoms. The van der Waals surface area contributed by atoms with E-state index in [1.807, 2.05) is 6.92 Å². The molecule has 0 aliphatic carbocycles. The van der Waals surface area contributed by atoms with Crippen LogP contribution in [-0.2, 0) is 14.3 Å². The van der Waals surface area contributed by atoms with Gasteiger partial charge in [-0.05, 0) is 69.1 Å². The van der Waals surface area contributed by atoms with E-state index >= 15 is 0 Å². The molecule has 2 heterocycles. The molecule has 0 radical (unpaired) electrons. The van der Waals surface area contributed by atoms with E-state index in [1.54, 1.807) is 11.9 Å². The average Bonchev–Trinajstić information content (AvgIpc) is 3.45. The van der Waals surface area contributed by atoms with E-state index in [0.29, 0.717) is 30.5 Å². The molecule has 0 aromatic carbocycles. The van der Waals surface area contributed by atoms with Crippen molar-refractivity contribution < 1.29 is 23.9 Å². The lowest BCUT2D eigenvalue weighted by Crippen LogP contribution is -2.33. The molecule has 9 nitrogen and oxygen atoms in total. The Bertz CT molecular complexity index is 902. The minimum atomic E-state index is -0.159. The molecule has 0 aromatic rings. The Labute approximate surface area is 268 Å². The summed E-state index contributed by atoms with van der Waals surface area (Å²) in [6, 6.07) is -0.283. The summed E-state index contributed by atoms with van der Waals surface area (Å²) in [4.78, 5) is 54.5. The summed E-state index contributed by atoms with van der Waals surface area (Å²) >= 11 is 0. The summed E-state index contributed by atoms with van der Waals surface area (Å²) < 4.78 is 6.03. The van der Waals surface area contributed by atoms with Gasteiger partial charge in [-0.3, -0.25) is 19.4 Å². The number of nitrogens with zero attached hydrogens (tertiary/aromatic N) is 4. The maximum absolute atomic E-state index is 12.3. The Morgan fingerprint density at radius 2 is 0.977 bits per heavy atom. The van der Waals surface area contributed by atoms with Gasteiger partial charge in [0.2, 0.25) is 11.8 Å². The lowest BCUT2D eigenvalue weighted by Gasteiger charge is -2.32. The zero-order valence-corrected chi connectivity index (χ0v) is 29.1. The first-order valence-electron chi connectivity index (χ1n) is 17.8. The van der Waals surface area contributed by atoms with Gasteiger partial charge in [-0.1, -0.05) is 79.1 Å². The number of carbonyl (C=O) groups excluding carboxylic acids is 4. The van der Waals surface area contributed by atoms with Crippen molar-refractivity contribution in [1.29, 1.82) is 0 Å². The van der Waals surface area contributed by atoms with E-state index in [1.165, 1.54) is 40.4 Å². The van der Waals surface area contributed by atoms with E-state index in [2.05, 4.69) is 27.7 Å². The maximum Gasteiger partial charge on any atom is 0.327 e. The number of amides is 6. The SMILES string of the molecule is CCN1CC(=O)N(CCCCC(CC)(CC)CCCCOCCCCC(CC)(CC)CCCCN2C(=O)CN(C)C2=O)C1=O. The van der Waals surface area contributed by atoms with Crippen molar-refractivity contribution in [2.45, 2.75) is 137 Å². The second kappa shape index (κ2) is 19.4. The van der Waals surface area contributed by atoms with Gasteiger partial charge in [0.15, 0.2) is 0 Å². The zero-order valence-electron chi connectivity index (χ0n) is 29.1. The van der Waals surface area contributed by atoms with Gasteiger partial charge in [0.1, 0.15) is 13.1 Å². The first kappa shape index (κ1) is 38.0. The highest BCUT2D eigenvalue weighted by molar-refractivity contribution is 6.02. The minimum Gasteiger partial charge on any atom is -0.381 e. The number of carbonyl (C=O) groups is 4. The molecule has 2 fully saturated rings. The van der Waals surface area contributed by atoms with Crippen molar-refractivity contribution >= 4 is 23.9 Å². The Morgan fingerprint density at radius 3 is 1.34 bits per heavy atom. The lowest BCUT2D eigenvalue weighted by atomic mass is 9.74. The van der Waals surface area contributed by atoms with Gasteiger partial charge in [0, 0.05) is 39.9 Å². The quantitative estimate of drug-likeness (QED) is 0.0780. The third-order valence-corrected chi connectivity index (χ3v) is 10.9. The smallest absolute Gasteiger partial charge is 0.327 e. The number of unbranched alkanes of at least 4 members (excludes halogenated alkanes) is 4. The molecule has 0 atom stereocenters. The van der Waals surface area contributed by atoms with Crippen molar-refractivity contribution in [1.82, 2.24) is 19.6 Å². The predicted molar refractivity (Wildman–Crippen MR) is 176 cm³/mol. The summed E-state index contributed by atoms with van der Waals surface area (Å²) in [5, 5.41) is 0. The molecule has 2 aliphatic heterocycles. The highest BCUT2D eigenvalue weighted by atomic mass is 16.5. The van der Waals surface area contributed by atoms with Crippen molar-refractivity contribution in [3.63, 3.8) is 0 Å². The Hall–Kier alpha value is -2.16.